The van der Waals surface area contributed by atoms with E-state index in [0.717, 1.165) is 28.0 Å². The summed E-state index contributed by atoms with van der Waals surface area (Å²) in [6, 6.07) is 9.01. The number of aromatic carboxylic acids is 1. The highest BCUT2D eigenvalue weighted by Gasteiger charge is 2.09. The Kier molecular flexibility index (Phi) is 3.47. The van der Waals surface area contributed by atoms with Crippen LogP contribution in [-0.4, -0.2) is 16.1 Å². The summed E-state index contributed by atoms with van der Waals surface area (Å²) in [6.45, 7) is 7.68. The van der Waals surface area contributed by atoms with Crippen molar-refractivity contribution in [2.24, 2.45) is 0 Å². The zero-order valence-electron chi connectivity index (χ0n) is 11.0. The first-order valence-electron chi connectivity index (χ1n) is 5.94. The van der Waals surface area contributed by atoms with Crippen molar-refractivity contribution in [3.8, 4) is 11.3 Å². The topological polar surface area (TPSA) is 50.2 Å². The second-order valence-electron chi connectivity index (χ2n) is 4.61. The Labute approximate surface area is 112 Å². The van der Waals surface area contributed by atoms with E-state index < -0.39 is 5.97 Å². The van der Waals surface area contributed by atoms with Crippen molar-refractivity contribution in [3.63, 3.8) is 0 Å². The van der Waals surface area contributed by atoms with E-state index >= 15 is 0 Å². The number of carbonyl (C=O) groups is 1. The number of hydrogen-bond acceptors (Lipinski definition) is 2. The van der Waals surface area contributed by atoms with Crippen molar-refractivity contribution in [2.75, 3.05) is 0 Å². The maximum atomic E-state index is 11.2. The molecule has 1 aromatic carbocycles. The summed E-state index contributed by atoms with van der Waals surface area (Å²) in [4.78, 5) is 15.5. The molecule has 0 unspecified atom stereocenters. The molecule has 0 atom stereocenters. The summed E-state index contributed by atoms with van der Waals surface area (Å²) in [5, 5.41) is 9.16. The van der Waals surface area contributed by atoms with Crippen LogP contribution in [0, 0.1) is 6.92 Å². The molecule has 0 radical (unpaired) electrons. The molecule has 96 valence electrons. The van der Waals surface area contributed by atoms with E-state index in [1.807, 2.05) is 32.0 Å². The van der Waals surface area contributed by atoms with Gasteiger partial charge >= 0.3 is 5.97 Å². The fraction of sp³-hybridized carbons (Fsp3) is 0.125. The first-order chi connectivity index (χ1) is 8.97. The molecule has 0 aliphatic heterocycles. The lowest BCUT2D eigenvalue weighted by Crippen LogP contribution is -1.98. The predicted molar refractivity (Wildman–Crippen MR) is 76.1 cm³/mol. The number of aryl methyl sites for hydroxylation is 1. The summed E-state index contributed by atoms with van der Waals surface area (Å²) in [5.41, 5.74) is 4.51. The Morgan fingerprint density at radius 2 is 1.89 bits per heavy atom. The molecule has 2 aromatic rings. The largest absolute Gasteiger partial charge is 0.478 e. The molecule has 0 bridgehead atoms. The average Bonchev–Trinajstić information content (AvgIpc) is 2.39. The van der Waals surface area contributed by atoms with E-state index in [1.54, 1.807) is 18.3 Å². The van der Waals surface area contributed by atoms with Crippen LogP contribution in [0.3, 0.4) is 0 Å². The third-order valence-electron chi connectivity index (χ3n) is 2.88. The number of pyridine rings is 1. The maximum absolute atomic E-state index is 11.2. The van der Waals surface area contributed by atoms with Gasteiger partial charge in [0.2, 0.25) is 0 Å². The number of hydrogen-bond donors (Lipinski definition) is 1. The molecule has 0 saturated heterocycles. The van der Waals surface area contributed by atoms with Crippen molar-refractivity contribution in [1.82, 2.24) is 4.98 Å². The minimum absolute atomic E-state index is 0.248. The van der Waals surface area contributed by atoms with Crippen LogP contribution in [0.15, 0.2) is 43.1 Å². The van der Waals surface area contributed by atoms with E-state index in [-0.39, 0.29) is 5.56 Å². The fourth-order valence-corrected chi connectivity index (χ4v) is 1.78. The maximum Gasteiger partial charge on any atom is 0.335 e. The molecule has 0 spiro atoms. The second-order valence-corrected chi connectivity index (χ2v) is 4.61. The zero-order chi connectivity index (χ0) is 14.0. The molecule has 1 N–H and O–H groups in total. The van der Waals surface area contributed by atoms with Crippen molar-refractivity contribution < 1.29 is 9.90 Å². The van der Waals surface area contributed by atoms with Gasteiger partial charge in [-0.2, -0.15) is 0 Å². The number of carboxylic acid groups (broad SMARTS) is 1. The monoisotopic (exact) mass is 253 g/mol. The SMILES string of the molecule is C=C(C)c1cc(C(=O)O)cc(-c2ccc(C)cn2)c1. The molecule has 0 aliphatic carbocycles. The minimum atomic E-state index is -0.948. The predicted octanol–water partition coefficient (Wildman–Crippen LogP) is 3.79. The Morgan fingerprint density at radius 1 is 1.21 bits per heavy atom. The second kappa shape index (κ2) is 5.06. The number of benzene rings is 1. The number of nitrogens with zero attached hydrogens (tertiary/aromatic N) is 1. The summed E-state index contributed by atoms with van der Waals surface area (Å²) < 4.78 is 0. The number of carboxylic acids is 1. The van der Waals surface area contributed by atoms with Crippen LogP contribution in [0.2, 0.25) is 0 Å². The molecular formula is C16H15NO2. The third-order valence-corrected chi connectivity index (χ3v) is 2.88. The fourth-order valence-electron chi connectivity index (χ4n) is 1.78. The van der Waals surface area contributed by atoms with Crippen LogP contribution < -0.4 is 0 Å². The van der Waals surface area contributed by atoms with E-state index in [9.17, 15) is 4.79 Å². The van der Waals surface area contributed by atoms with Gasteiger partial charge in [0.1, 0.15) is 0 Å². The van der Waals surface area contributed by atoms with Gasteiger partial charge in [0.05, 0.1) is 11.3 Å². The van der Waals surface area contributed by atoms with E-state index in [1.165, 1.54) is 0 Å². The lowest BCUT2D eigenvalue weighted by atomic mass is 9.99. The van der Waals surface area contributed by atoms with Gasteiger partial charge in [-0.3, -0.25) is 4.98 Å². The van der Waals surface area contributed by atoms with Crippen LogP contribution >= 0.6 is 0 Å². The van der Waals surface area contributed by atoms with Gasteiger partial charge in [-0.1, -0.05) is 18.2 Å². The number of allylic oxidation sites excluding steroid dienone is 1. The van der Waals surface area contributed by atoms with Gasteiger partial charge in [0.25, 0.3) is 0 Å². The Balaban J connectivity index is 2.59. The number of aromatic nitrogens is 1. The molecule has 3 heteroatoms. The van der Waals surface area contributed by atoms with E-state index in [4.69, 9.17) is 5.11 Å². The van der Waals surface area contributed by atoms with Crippen molar-refractivity contribution in [3.05, 3.63) is 59.8 Å². The summed E-state index contributed by atoms with van der Waals surface area (Å²) in [5.74, 6) is -0.948. The Hall–Kier alpha value is -2.42. The van der Waals surface area contributed by atoms with Crippen LogP contribution in [0.4, 0.5) is 0 Å². The molecule has 2 rings (SSSR count). The molecule has 1 aromatic heterocycles. The molecule has 1 heterocycles. The van der Waals surface area contributed by atoms with E-state index in [0.29, 0.717) is 0 Å². The lowest BCUT2D eigenvalue weighted by molar-refractivity contribution is 0.0697. The first-order valence-corrected chi connectivity index (χ1v) is 5.94. The lowest BCUT2D eigenvalue weighted by Gasteiger charge is -2.07. The molecule has 0 aliphatic rings. The van der Waals surface area contributed by atoms with Crippen LogP contribution in [0.5, 0.6) is 0 Å². The standard InChI is InChI=1S/C16H15NO2/c1-10(2)12-6-13(8-14(7-12)16(18)19)15-5-4-11(3)9-17-15/h4-9H,1H2,2-3H3,(H,18,19). The van der Waals surface area contributed by atoms with Gasteiger partial charge in [0.15, 0.2) is 0 Å². The third kappa shape index (κ3) is 2.88. The summed E-state index contributed by atoms with van der Waals surface area (Å²) in [6.07, 6.45) is 1.77. The smallest absolute Gasteiger partial charge is 0.335 e. The van der Waals surface area contributed by atoms with Gasteiger partial charge < -0.3 is 5.11 Å². The average molecular weight is 253 g/mol. The molecule has 3 nitrogen and oxygen atoms in total. The highest BCUT2D eigenvalue weighted by atomic mass is 16.4. The van der Waals surface area contributed by atoms with Gasteiger partial charge in [0, 0.05) is 11.8 Å². The molecule has 0 saturated carbocycles. The number of rotatable bonds is 3. The summed E-state index contributed by atoms with van der Waals surface area (Å²) >= 11 is 0. The van der Waals surface area contributed by atoms with Crippen LogP contribution in [-0.2, 0) is 0 Å². The summed E-state index contributed by atoms with van der Waals surface area (Å²) in [7, 11) is 0. The quantitative estimate of drug-likeness (QED) is 0.905. The van der Waals surface area contributed by atoms with Gasteiger partial charge in [-0.05, 0) is 49.2 Å². The van der Waals surface area contributed by atoms with Gasteiger partial charge in [-0.15, -0.1) is 0 Å². The zero-order valence-corrected chi connectivity index (χ0v) is 11.0. The highest BCUT2D eigenvalue weighted by Crippen LogP contribution is 2.24. The Morgan fingerprint density at radius 3 is 2.42 bits per heavy atom. The van der Waals surface area contributed by atoms with Crippen LogP contribution in [0.1, 0.15) is 28.4 Å². The molecular weight excluding hydrogens is 238 g/mol. The normalized spacial score (nSPS) is 10.2. The van der Waals surface area contributed by atoms with Crippen LogP contribution in [0.25, 0.3) is 16.8 Å². The highest BCUT2D eigenvalue weighted by molar-refractivity contribution is 5.91. The van der Waals surface area contributed by atoms with Crippen molar-refractivity contribution in [2.45, 2.75) is 13.8 Å². The van der Waals surface area contributed by atoms with Gasteiger partial charge in [-0.25, -0.2) is 4.79 Å². The molecule has 19 heavy (non-hydrogen) atoms. The minimum Gasteiger partial charge on any atom is -0.478 e. The molecule has 0 fully saturated rings. The van der Waals surface area contributed by atoms with Crippen molar-refractivity contribution in [1.29, 1.82) is 0 Å². The van der Waals surface area contributed by atoms with Crippen molar-refractivity contribution >= 4 is 11.5 Å². The first kappa shape index (κ1) is 13.0. The molecule has 0 amide bonds. The Bertz CT molecular complexity index is 610. The van der Waals surface area contributed by atoms with E-state index in [2.05, 4.69) is 11.6 Å².